The van der Waals surface area contributed by atoms with E-state index in [4.69, 9.17) is 53.8 Å². The first kappa shape index (κ1) is 38.1. The van der Waals surface area contributed by atoms with Gasteiger partial charge in [-0.25, -0.2) is 19.2 Å². The van der Waals surface area contributed by atoms with Gasteiger partial charge in [-0.3, -0.25) is 9.59 Å². The number of carbonyl (C=O) groups excluding carboxylic acids is 2. The lowest BCUT2D eigenvalue weighted by Gasteiger charge is -2.12. The molecule has 2 aromatic carbocycles. The maximum Gasteiger partial charge on any atom is 0.414 e. The van der Waals surface area contributed by atoms with Crippen molar-refractivity contribution in [3.63, 3.8) is 0 Å². The zero-order chi connectivity index (χ0) is 34.6. The first-order valence-electron chi connectivity index (χ1n) is 14.5. The van der Waals surface area contributed by atoms with Crippen LogP contribution < -0.4 is 26.0 Å². The first-order chi connectivity index (χ1) is 22.4. The molecular weight excluding hydrogens is 624 g/mol. The van der Waals surface area contributed by atoms with E-state index in [1.165, 1.54) is 0 Å². The quantitative estimate of drug-likeness (QED) is 0.149. The molecule has 0 aliphatic carbocycles. The van der Waals surface area contributed by atoms with Crippen molar-refractivity contribution >= 4 is 47.1 Å². The van der Waals surface area contributed by atoms with Crippen molar-refractivity contribution in [2.45, 2.75) is 37.9 Å². The second kappa shape index (κ2) is 20.8. The van der Waals surface area contributed by atoms with Gasteiger partial charge in [-0.15, -0.1) is 0 Å². The molecular formula is C30H38N4O13. The fraction of sp³-hybridized carbons (Fsp3) is 0.400. The fourth-order valence-electron chi connectivity index (χ4n) is 4.06. The third-order valence-electron chi connectivity index (χ3n) is 6.24. The average molecular weight is 663 g/mol. The second-order valence-electron chi connectivity index (χ2n) is 10.00. The van der Waals surface area contributed by atoms with Crippen molar-refractivity contribution in [3.8, 4) is 11.5 Å². The van der Waals surface area contributed by atoms with Crippen LogP contribution in [0.3, 0.4) is 0 Å². The van der Waals surface area contributed by atoms with Crippen molar-refractivity contribution in [2.24, 2.45) is 0 Å². The topological polar surface area (TPSA) is 259 Å². The van der Waals surface area contributed by atoms with Gasteiger partial charge in [0.1, 0.15) is 11.5 Å². The highest BCUT2D eigenvalue weighted by atomic mass is 16.5. The summed E-state index contributed by atoms with van der Waals surface area (Å²) in [5.74, 6) is -6.20. The molecule has 17 heteroatoms. The maximum atomic E-state index is 12.1. The van der Waals surface area contributed by atoms with Gasteiger partial charge >= 0.3 is 23.9 Å². The van der Waals surface area contributed by atoms with Crippen molar-refractivity contribution in [3.05, 3.63) is 48.5 Å². The molecule has 2 saturated heterocycles. The Hall–Kier alpha value is -5.10. The van der Waals surface area contributed by atoms with Gasteiger partial charge in [-0.05, 0) is 74.2 Å². The Morgan fingerprint density at radius 1 is 0.596 bits per heavy atom. The average Bonchev–Trinajstić information content (AvgIpc) is 3.75. The Bertz CT molecular complexity index is 1200. The minimum atomic E-state index is -1.82. The van der Waals surface area contributed by atoms with Crippen LogP contribution in [0.15, 0.2) is 48.5 Å². The molecule has 47 heavy (non-hydrogen) atoms. The Labute approximate surface area is 269 Å². The highest BCUT2D eigenvalue weighted by Gasteiger charge is 2.16. The highest BCUT2D eigenvalue weighted by Crippen LogP contribution is 2.24. The van der Waals surface area contributed by atoms with Gasteiger partial charge in [0.15, 0.2) is 0 Å². The summed E-state index contributed by atoms with van der Waals surface area (Å²) >= 11 is 0. The summed E-state index contributed by atoms with van der Waals surface area (Å²) in [6, 6.07) is 14.4. The molecule has 2 fully saturated rings. The molecule has 0 spiro atoms. The molecule has 2 unspecified atom stereocenters. The standard InChI is InChI=1S/C26H34N4O5.2C2H2O4/c31-25(17-27-15-23-3-1-13-33-23)29-19-5-9-21(10-6-19)35-22-11-7-20(8-12-22)30-26(32)18-28-16-24-4-2-14-34-24;2*3-1(4)2(5)6/h5-12,23-24,27-28H,1-4,13-18H2,(H,29,31)(H,30,32);2*(H,3,4)(H,5,6). The van der Waals surface area contributed by atoms with E-state index in [-0.39, 0.29) is 37.1 Å². The van der Waals surface area contributed by atoms with Crippen LogP contribution in [-0.2, 0) is 38.2 Å². The molecule has 8 N–H and O–H groups in total. The minimum absolute atomic E-state index is 0.101. The number of ether oxygens (including phenoxy) is 3. The maximum absolute atomic E-state index is 12.1. The van der Waals surface area contributed by atoms with E-state index in [0.29, 0.717) is 36.0 Å². The van der Waals surface area contributed by atoms with Crippen molar-refractivity contribution in [1.29, 1.82) is 0 Å². The summed E-state index contributed by atoms with van der Waals surface area (Å²) in [4.78, 5) is 60.6. The predicted octanol–water partition coefficient (Wildman–Crippen LogP) is 1.20. The lowest BCUT2D eigenvalue weighted by Crippen LogP contribution is -2.33. The van der Waals surface area contributed by atoms with Gasteiger partial charge in [-0.1, -0.05) is 0 Å². The van der Waals surface area contributed by atoms with Crippen LogP contribution in [0.2, 0.25) is 0 Å². The number of carbonyl (C=O) groups is 6. The zero-order valence-corrected chi connectivity index (χ0v) is 25.3. The van der Waals surface area contributed by atoms with Crippen LogP contribution in [0.1, 0.15) is 25.7 Å². The van der Waals surface area contributed by atoms with Gasteiger partial charge in [0, 0.05) is 37.7 Å². The number of carboxylic acids is 4. The van der Waals surface area contributed by atoms with E-state index < -0.39 is 23.9 Å². The highest BCUT2D eigenvalue weighted by molar-refractivity contribution is 6.27. The summed E-state index contributed by atoms with van der Waals surface area (Å²) < 4.78 is 16.9. The SMILES string of the molecule is O=C(CNCC1CCCO1)Nc1ccc(Oc2ccc(NC(=O)CNCC3CCCO3)cc2)cc1.O=C(O)C(=O)O.O=C(O)C(=O)O. The molecule has 0 bridgehead atoms. The normalized spacial score (nSPS) is 16.3. The molecule has 2 heterocycles. The minimum Gasteiger partial charge on any atom is -0.473 e. The molecule has 17 nitrogen and oxygen atoms in total. The monoisotopic (exact) mass is 662 g/mol. The Morgan fingerprint density at radius 3 is 1.21 bits per heavy atom. The van der Waals surface area contributed by atoms with E-state index in [9.17, 15) is 9.59 Å². The summed E-state index contributed by atoms with van der Waals surface area (Å²) in [6.45, 7) is 3.48. The number of hydrogen-bond acceptors (Lipinski definition) is 11. The Morgan fingerprint density at radius 2 is 0.936 bits per heavy atom. The van der Waals surface area contributed by atoms with Crippen LogP contribution in [0.4, 0.5) is 11.4 Å². The number of hydrogen-bond donors (Lipinski definition) is 8. The number of rotatable bonds is 12. The zero-order valence-electron chi connectivity index (χ0n) is 25.3. The molecule has 0 saturated carbocycles. The molecule has 256 valence electrons. The van der Waals surface area contributed by atoms with Crippen molar-refractivity contribution in [2.75, 3.05) is 50.0 Å². The lowest BCUT2D eigenvalue weighted by atomic mass is 10.2. The van der Waals surface area contributed by atoms with Gasteiger partial charge in [0.2, 0.25) is 11.8 Å². The largest absolute Gasteiger partial charge is 0.473 e. The van der Waals surface area contributed by atoms with Crippen LogP contribution in [-0.4, -0.2) is 108 Å². The van der Waals surface area contributed by atoms with Crippen LogP contribution in [0, 0.1) is 0 Å². The third kappa shape index (κ3) is 16.7. The molecule has 0 radical (unpaired) electrons. The van der Waals surface area contributed by atoms with E-state index >= 15 is 0 Å². The summed E-state index contributed by atoms with van der Waals surface area (Å²) in [7, 11) is 0. The van der Waals surface area contributed by atoms with Gasteiger partial charge < -0.3 is 55.9 Å². The molecule has 2 aliphatic rings. The number of benzene rings is 2. The van der Waals surface area contributed by atoms with Gasteiger partial charge in [-0.2, -0.15) is 0 Å². The van der Waals surface area contributed by atoms with E-state index in [1.807, 2.05) is 0 Å². The number of amides is 2. The molecule has 2 aromatic rings. The predicted molar refractivity (Wildman–Crippen MR) is 164 cm³/mol. The van der Waals surface area contributed by atoms with Gasteiger partial charge in [0.05, 0.1) is 25.3 Å². The Balaban J connectivity index is 0.000000546. The molecule has 2 atom stereocenters. The Kier molecular flexibility index (Phi) is 16.9. The smallest absolute Gasteiger partial charge is 0.414 e. The van der Waals surface area contributed by atoms with Crippen molar-refractivity contribution in [1.82, 2.24) is 10.6 Å². The van der Waals surface area contributed by atoms with Crippen LogP contribution in [0.5, 0.6) is 11.5 Å². The third-order valence-corrected chi connectivity index (χ3v) is 6.24. The van der Waals surface area contributed by atoms with Crippen molar-refractivity contribution < 1.29 is 63.4 Å². The number of nitrogens with one attached hydrogen (secondary N) is 4. The number of carboxylic acid groups (broad SMARTS) is 4. The van der Waals surface area contributed by atoms with Crippen LogP contribution in [0.25, 0.3) is 0 Å². The molecule has 2 amide bonds. The van der Waals surface area contributed by atoms with E-state index in [0.717, 1.165) is 38.9 Å². The summed E-state index contributed by atoms with van der Waals surface area (Å²) in [5.41, 5.74) is 1.40. The molecule has 4 rings (SSSR count). The summed E-state index contributed by atoms with van der Waals surface area (Å²) in [5, 5.41) is 41.6. The summed E-state index contributed by atoms with van der Waals surface area (Å²) in [6.07, 6.45) is 4.68. The number of aliphatic carboxylic acids is 4. The van der Waals surface area contributed by atoms with Crippen LogP contribution >= 0.6 is 0 Å². The first-order valence-corrected chi connectivity index (χ1v) is 14.5. The molecule has 0 aromatic heterocycles. The van der Waals surface area contributed by atoms with E-state index in [2.05, 4.69) is 21.3 Å². The fourth-order valence-corrected chi connectivity index (χ4v) is 4.06. The second-order valence-corrected chi connectivity index (χ2v) is 10.00. The lowest BCUT2D eigenvalue weighted by molar-refractivity contribution is -0.159. The molecule has 2 aliphatic heterocycles. The number of anilines is 2. The van der Waals surface area contributed by atoms with E-state index in [1.54, 1.807) is 48.5 Å². The van der Waals surface area contributed by atoms with Gasteiger partial charge in [0.25, 0.3) is 0 Å².